The van der Waals surface area contributed by atoms with Crippen LogP contribution in [0.3, 0.4) is 0 Å². The average molecular weight is 602 g/mol. The molecule has 0 aromatic carbocycles. The van der Waals surface area contributed by atoms with Crippen LogP contribution in [0.4, 0.5) is 14.4 Å². The zero-order valence-electron chi connectivity index (χ0n) is 28.1. The van der Waals surface area contributed by atoms with Crippen molar-refractivity contribution in [1.29, 1.82) is 0 Å². The van der Waals surface area contributed by atoms with Gasteiger partial charge in [-0.2, -0.15) is 0 Å². The molecule has 0 heterocycles. The van der Waals surface area contributed by atoms with Crippen molar-refractivity contribution in [1.82, 2.24) is 16.0 Å². The largest absolute Gasteiger partial charge is 0.444 e. The van der Waals surface area contributed by atoms with Gasteiger partial charge in [0.15, 0.2) is 0 Å². The highest BCUT2D eigenvalue weighted by Gasteiger charge is 2.33. The van der Waals surface area contributed by atoms with E-state index in [0.717, 1.165) is 57.8 Å². The molecule has 0 radical (unpaired) electrons. The minimum absolute atomic E-state index is 0.199. The number of rotatable bonds is 18. The van der Waals surface area contributed by atoms with Crippen LogP contribution in [0.5, 0.6) is 0 Å². The summed E-state index contributed by atoms with van der Waals surface area (Å²) < 4.78 is 16.0. The van der Waals surface area contributed by atoms with Crippen molar-refractivity contribution in [2.45, 2.75) is 149 Å². The zero-order valence-corrected chi connectivity index (χ0v) is 28.1. The Labute approximate surface area is 255 Å². The molecule has 0 rings (SSSR count). The lowest BCUT2D eigenvalue weighted by Gasteiger charge is -2.39. The molecule has 0 aliphatic carbocycles. The Bertz CT molecular complexity index is 788. The molecule has 7 N–H and O–H groups in total. The molecule has 0 saturated heterocycles. The van der Waals surface area contributed by atoms with Gasteiger partial charge in [-0.25, -0.2) is 14.4 Å². The van der Waals surface area contributed by atoms with Gasteiger partial charge in [0.05, 0.1) is 0 Å². The molecule has 11 heteroatoms. The Balaban J connectivity index is 5.28. The van der Waals surface area contributed by atoms with Crippen LogP contribution >= 0.6 is 0 Å². The van der Waals surface area contributed by atoms with Gasteiger partial charge in [0.25, 0.3) is 0 Å². The zero-order chi connectivity index (χ0) is 32.5. The minimum atomic E-state index is -0.559. The SMILES string of the molecule is CC(C)(C)OC(=O)NCCCCC(N)(CCCNC(=O)OC(C)(C)C)C(CCCCN)CCCNC(=O)OC(C)(C)C. The second-order valence-corrected chi connectivity index (χ2v) is 14.2. The number of amides is 3. The first-order valence-electron chi connectivity index (χ1n) is 15.7. The van der Waals surface area contributed by atoms with E-state index >= 15 is 0 Å². The summed E-state index contributed by atoms with van der Waals surface area (Å²) in [6.07, 6.45) is 6.92. The Hall–Kier alpha value is -2.27. The van der Waals surface area contributed by atoms with Gasteiger partial charge < -0.3 is 41.6 Å². The molecular weight excluding hydrogens is 538 g/mol. The number of hydrogen-bond acceptors (Lipinski definition) is 8. The molecule has 0 spiro atoms. The second kappa shape index (κ2) is 19.1. The number of hydrogen-bond donors (Lipinski definition) is 5. The van der Waals surface area contributed by atoms with Crippen molar-refractivity contribution in [2.75, 3.05) is 26.2 Å². The van der Waals surface area contributed by atoms with Crippen LogP contribution in [0.15, 0.2) is 0 Å². The summed E-state index contributed by atoms with van der Waals surface area (Å²) in [6, 6.07) is 0. The molecule has 11 nitrogen and oxygen atoms in total. The van der Waals surface area contributed by atoms with E-state index in [4.69, 9.17) is 25.7 Å². The lowest BCUT2D eigenvalue weighted by atomic mass is 9.73. The number of alkyl carbamates (subject to hydrolysis) is 3. The maximum atomic E-state index is 12.1. The highest BCUT2D eigenvalue weighted by molar-refractivity contribution is 5.68. The smallest absolute Gasteiger partial charge is 0.407 e. The molecular formula is C31H63N5O6. The van der Waals surface area contributed by atoms with Crippen molar-refractivity contribution < 1.29 is 28.6 Å². The Morgan fingerprint density at radius 1 is 0.571 bits per heavy atom. The van der Waals surface area contributed by atoms with E-state index in [1.165, 1.54) is 0 Å². The summed E-state index contributed by atoms with van der Waals surface area (Å²) in [5.74, 6) is 0.199. The van der Waals surface area contributed by atoms with E-state index in [2.05, 4.69) is 16.0 Å². The fraction of sp³-hybridized carbons (Fsp3) is 0.903. The molecule has 3 amide bonds. The first-order valence-corrected chi connectivity index (χ1v) is 15.7. The average Bonchev–Trinajstić information content (AvgIpc) is 2.80. The number of nitrogens with two attached hydrogens (primary N) is 2. The fourth-order valence-corrected chi connectivity index (χ4v) is 4.65. The normalized spacial score (nSPS) is 14.4. The highest BCUT2D eigenvalue weighted by atomic mass is 16.6. The van der Waals surface area contributed by atoms with E-state index in [1.54, 1.807) is 0 Å². The van der Waals surface area contributed by atoms with Gasteiger partial charge in [0.1, 0.15) is 16.8 Å². The lowest BCUT2D eigenvalue weighted by Crippen LogP contribution is -2.48. The van der Waals surface area contributed by atoms with E-state index in [-0.39, 0.29) is 5.92 Å². The Morgan fingerprint density at radius 3 is 1.38 bits per heavy atom. The van der Waals surface area contributed by atoms with Gasteiger partial charge >= 0.3 is 18.3 Å². The molecule has 0 bridgehead atoms. The number of carbonyl (C=O) groups is 3. The number of unbranched alkanes of at least 4 members (excludes halogenated alkanes) is 2. The van der Waals surface area contributed by atoms with Crippen molar-refractivity contribution in [3.63, 3.8) is 0 Å². The summed E-state index contributed by atoms with van der Waals surface area (Å²) in [4.78, 5) is 36.2. The highest BCUT2D eigenvalue weighted by Crippen LogP contribution is 2.33. The number of carbonyl (C=O) groups excluding carboxylic acids is 3. The quantitative estimate of drug-likeness (QED) is 0.0980. The van der Waals surface area contributed by atoms with Gasteiger partial charge in [0, 0.05) is 25.2 Å². The molecule has 248 valence electrons. The Morgan fingerprint density at radius 2 is 0.952 bits per heavy atom. The maximum Gasteiger partial charge on any atom is 0.407 e. The van der Waals surface area contributed by atoms with Crippen LogP contribution in [0.1, 0.15) is 127 Å². The summed E-state index contributed by atoms with van der Waals surface area (Å²) in [7, 11) is 0. The van der Waals surface area contributed by atoms with Gasteiger partial charge in [-0.05, 0) is 133 Å². The van der Waals surface area contributed by atoms with E-state index in [1.807, 2.05) is 62.3 Å². The molecule has 0 aromatic heterocycles. The van der Waals surface area contributed by atoms with Crippen LogP contribution in [0, 0.1) is 5.92 Å². The molecule has 0 aliphatic heterocycles. The van der Waals surface area contributed by atoms with Gasteiger partial charge in [-0.3, -0.25) is 0 Å². The van der Waals surface area contributed by atoms with Gasteiger partial charge in [-0.15, -0.1) is 0 Å². The van der Waals surface area contributed by atoms with Crippen LogP contribution in [-0.4, -0.2) is 66.8 Å². The van der Waals surface area contributed by atoms with Crippen molar-refractivity contribution in [2.24, 2.45) is 17.4 Å². The monoisotopic (exact) mass is 601 g/mol. The molecule has 0 saturated carbocycles. The predicted molar refractivity (Wildman–Crippen MR) is 168 cm³/mol. The van der Waals surface area contributed by atoms with E-state index in [0.29, 0.717) is 32.6 Å². The molecule has 0 aliphatic rings. The van der Waals surface area contributed by atoms with Crippen molar-refractivity contribution in [3.8, 4) is 0 Å². The topological polar surface area (TPSA) is 167 Å². The van der Waals surface area contributed by atoms with Crippen LogP contribution in [0.25, 0.3) is 0 Å². The summed E-state index contributed by atoms with van der Waals surface area (Å²) in [6.45, 7) is 18.6. The molecule has 0 aromatic rings. The van der Waals surface area contributed by atoms with E-state index < -0.39 is 40.6 Å². The standard InChI is InChI=1S/C31H63N5O6/c1-28(2,3)40-25(37)34-21-13-11-18-31(33,19-15-23-36-27(39)42-30(7,8)9)24(16-10-12-20-32)17-14-22-35-26(38)41-29(4,5)6/h24H,10-23,32-33H2,1-9H3,(H,34,37)(H,35,38)(H,36,39). The summed E-state index contributed by atoms with van der Waals surface area (Å²) >= 11 is 0. The maximum absolute atomic E-state index is 12.1. The summed E-state index contributed by atoms with van der Waals surface area (Å²) in [5.41, 5.74) is 10.8. The number of nitrogens with one attached hydrogen (secondary N) is 3. The van der Waals surface area contributed by atoms with E-state index in [9.17, 15) is 14.4 Å². The molecule has 2 atom stereocenters. The predicted octanol–water partition coefficient (Wildman–Crippen LogP) is 5.73. The molecule has 2 unspecified atom stereocenters. The third-order valence-electron chi connectivity index (χ3n) is 6.44. The minimum Gasteiger partial charge on any atom is -0.444 e. The number of ether oxygens (including phenoxy) is 3. The second-order valence-electron chi connectivity index (χ2n) is 14.2. The van der Waals surface area contributed by atoms with Crippen molar-refractivity contribution >= 4 is 18.3 Å². The summed E-state index contributed by atoms with van der Waals surface area (Å²) in [5, 5.41) is 8.50. The van der Waals surface area contributed by atoms with Gasteiger partial charge in [0.2, 0.25) is 0 Å². The van der Waals surface area contributed by atoms with Crippen LogP contribution in [-0.2, 0) is 14.2 Å². The van der Waals surface area contributed by atoms with Crippen molar-refractivity contribution in [3.05, 3.63) is 0 Å². The van der Waals surface area contributed by atoms with Crippen LogP contribution in [0.2, 0.25) is 0 Å². The molecule has 42 heavy (non-hydrogen) atoms. The van der Waals surface area contributed by atoms with Gasteiger partial charge in [-0.1, -0.05) is 6.42 Å². The van der Waals surface area contributed by atoms with Crippen LogP contribution < -0.4 is 27.4 Å². The molecule has 0 fully saturated rings. The first-order chi connectivity index (χ1) is 19.3. The first kappa shape index (κ1) is 39.7. The fourth-order valence-electron chi connectivity index (χ4n) is 4.65. The Kier molecular flexibility index (Phi) is 18.1. The third kappa shape index (κ3) is 22.3. The lowest BCUT2D eigenvalue weighted by molar-refractivity contribution is 0.0510. The third-order valence-corrected chi connectivity index (χ3v) is 6.44.